The molecule has 1 N–H and O–H groups in total. The fourth-order valence-corrected chi connectivity index (χ4v) is 2.10. The third-order valence-corrected chi connectivity index (χ3v) is 3.73. The Hall–Kier alpha value is -2.17. The Morgan fingerprint density at radius 2 is 1.85 bits per heavy atom. The van der Waals surface area contributed by atoms with Gasteiger partial charge in [0.25, 0.3) is 5.91 Å². The van der Waals surface area contributed by atoms with Gasteiger partial charge in [0, 0.05) is 5.56 Å². The third-order valence-electron chi connectivity index (χ3n) is 3.73. The first-order valence-electron chi connectivity index (χ1n) is 6.61. The molecule has 1 atom stereocenters. The molecule has 1 aromatic carbocycles. The lowest BCUT2D eigenvalue weighted by Crippen LogP contribution is -2.43. The molecular weight excluding hydrogens is 256 g/mol. The topological polar surface area (TPSA) is 66.5 Å². The van der Waals surface area contributed by atoms with Crippen LogP contribution in [0.15, 0.2) is 24.3 Å². The number of ketones is 1. The molecule has 1 aromatic rings. The van der Waals surface area contributed by atoms with Gasteiger partial charge in [-0.3, -0.25) is 14.5 Å². The molecule has 0 radical (unpaired) electrons. The first-order chi connectivity index (χ1) is 9.37. The first kappa shape index (κ1) is 14.2. The maximum atomic E-state index is 12.2. The maximum absolute atomic E-state index is 12.2. The molecule has 1 unspecified atom stereocenters. The van der Waals surface area contributed by atoms with Gasteiger partial charge in [-0.2, -0.15) is 0 Å². The van der Waals surface area contributed by atoms with Crippen molar-refractivity contribution in [3.8, 4) is 0 Å². The molecule has 0 bridgehead atoms. The van der Waals surface area contributed by atoms with Gasteiger partial charge in [-0.15, -0.1) is 0 Å². The van der Waals surface area contributed by atoms with E-state index in [-0.39, 0.29) is 18.2 Å². The highest BCUT2D eigenvalue weighted by atomic mass is 16.2. The van der Waals surface area contributed by atoms with E-state index in [2.05, 4.69) is 5.32 Å². The van der Waals surface area contributed by atoms with Crippen LogP contribution in [0.25, 0.3) is 0 Å². The van der Waals surface area contributed by atoms with Crippen molar-refractivity contribution >= 4 is 17.7 Å². The second-order valence-electron chi connectivity index (χ2n) is 5.30. The SMILES string of the molecule is CCC1(C)NC(=O)N(CC(=O)c2ccc(C)cc2)C1=O. The van der Waals surface area contributed by atoms with Crippen molar-refractivity contribution in [1.29, 1.82) is 0 Å². The fourth-order valence-electron chi connectivity index (χ4n) is 2.10. The van der Waals surface area contributed by atoms with Crippen LogP contribution in [-0.2, 0) is 4.79 Å². The summed E-state index contributed by atoms with van der Waals surface area (Å²) in [6.45, 7) is 5.20. The number of imide groups is 1. The first-order valence-corrected chi connectivity index (χ1v) is 6.61. The van der Waals surface area contributed by atoms with Gasteiger partial charge >= 0.3 is 6.03 Å². The molecule has 5 heteroatoms. The number of hydrogen-bond acceptors (Lipinski definition) is 3. The smallest absolute Gasteiger partial charge is 0.323 e. The Morgan fingerprint density at radius 1 is 1.25 bits per heavy atom. The van der Waals surface area contributed by atoms with E-state index >= 15 is 0 Å². The van der Waals surface area contributed by atoms with Crippen LogP contribution in [0.1, 0.15) is 36.2 Å². The maximum Gasteiger partial charge on any atom is 0.325 e. The third kappa shape index (κ3) is 2.43. The lowest BCUT2D eigenvalue weighted by atomic mass is 9.99. The molecule has 20 heavy (non-hydrogen) atoms. The van der Waals surface area contributed by atoms with Gasteiger partial charge in [0.1, 0.15) is 5.54 Å². The van der Waals surface area contributed by atoms with E-state index in [0.717, 1.165) is 10.5 Å². The summed E-state index contributed by atoms with van der Waals surface area (Å²) in [6, 6.07) is 6.56. The van der Waals surface area contributed by atoms with Crippen molar-refractivity contribution in [2.45, 2.75) is 32.7 Å². The van der Waals surface area contributed by atoms with Gasteiger partial charge in [0.2, 0.25) is 0 Å². The Balaban J connectivity index is 2.14. The minimum atomic E-state index is -0.898. The Morgan fingerprint density at radius 3 is 2.35 bits per heavy atom. The predicted octanol–water partition coefficient (Wildman–Crippen LogP) is 1.90. The molecule has 0 saturated carbocycles. The largest absolute Gasteiger partial charge is 0.325 e. The van der Waals surface area contributed by atoms with E-state index in [1.54, 1.807) is 19.1 Å². The molecular formula is C15H18N2O3. The lowest BCUT2D eigenvalue weighted by Gasteiger charge is -2.18. The van der Waals surface area contributed by atoms with Gasteiger partial charge in [-0.1, -0.05) is 36.8 Å². The van der Waals surface area contributed by atoms with Crippen LogP contribution < -0.4 is 5.32 Å². The van der Waals surface area contributed by atoms with Crippen molar-refractivity contribution in [3.63, 3.8) is 0 Å². The summed E-state index contributed by atoms with van der Waals surface area (Å²) in [5, 5.41) is 2.63. The average Bonchev–Trinajstić information content (AvgIpc) is 2.64. The van der Waals surface area contributed by atoms with E-state index in [9.17, 15) is 14.4 Å². The highest BCUT2D eigenvalue weighted by Crippen LogP contribution is 2.21. The number of nitrogens with one attached hydrogen (secondary N) is 1. The van der Waals surface area contributed by atoms with E-state index in [4.69, 9.17) is 0 Å². The number of urea groups is 1. The minimum absolute atomic E-state index is 0.219. The molecule has 5 nitrogen and oxygen atoms in total. The highest BCUT2D eigenvalue weighted by Gasteiger charge is 2.46. The van der Waals surface area contributed by atoms with Crippen LogP contribution >= 0.6 is 0 Å². The summed E-state index contributed by atoms with van der Waals surface area (Å²) in [6.07, 6.45) is 0.493. The minimum Gasteiger partial charge on any atom is -0.323 e. The summed E-state index contributed by atoms with van der Waals surface area (Å²) < 4.78 is 0. The molecule has 1 fully saturated rings. The van der Waals surface area contributed by atoms with Crippen LogP contribution in [0.3, 0.4) is 0 Å². The van der Waals surface area contributed by atoms with Crippen LogP contribution in [0.2, 0.25) is 0 Å². The van der Waals surface area contributed by atoms with Gasteiger partial charge in [0.05, 0.1) is 6.54 Å². The van der Waals surface area contributed by atoms with Crippen molar-refractivity contribution in [2.24, 2.45) is 0 Å². The summed E-state index contributed by atoms with van der Waals surface area (Å²) in [4.78, 5) is 37.1. The average molecular weight is 274 g/mol. The van der Waals surface area contributed by atoms with Crippen LogP contribution in [0.5, 0.6) is 0 Å². The van der Waals surface area contributed by atoms with Crippen LogP contribution in [0.4, 0.5) is 4.79 Å². The van der Waals surface area contributed by atoms with E-state index in [1.165, 1.54) is 0 Å². The predicted molar refractivity (Wildman–Crippen MR) is 74.5 cm³/mol. The standard InChI is InChI=1S/C15H18N2O3/c1-4-15(3)13(19)17(14(20)16-15)9-12(18)11-7-5-10(2)6-8-11/h5-8H,4,9H2,1-3H3,(H,16,20). The number of Topliss-reactive ketones (excluding diaryl/α,β-unsaturated/α-hetero) is 1. The van der Waals surface area contributed by atoms with Crippen LogP contribution in [0, 0.1) is 6.92 Å². The van der Waals surface area contributed by atoms with E-state index in [0.29, 0.717) is 12.0 Å². The molecule has 0 aromatic heterocycles. The van der Waals surface area contributed by atoms with Gasteiger partial charge in [-0.25, -0.2) is 4.79 Å². The number of hydrogen-bond donors (Lipinski definition) is 1. The Labute approximate surface area is 118 Å². The zero-order chi connectivity index (χ0) is 14.9. The highest BCUT2D eigenvalue weighted by molar-refractivity contribution is 6.10. The number of carbonyl (C=O) groups is 3. The molecule has 1 aliphatic heterocycles. The lowest BCUT2D eigenvalue weighted by molar-refractivity contribution is -0.130. The molecule has 2 rings (SSSR count). The fraction of sp³-hybridized carbons (Fsp3) is 0.400. The van der Waals surface area contributed by atoms with Crippen LogP contribution in [-0.4, -0.2) is 34.7 Å². The molecule has 1 aliphatic rings. The number of rotatable bonds is 4. The van der Waals surface area contributed by atoms with Crippen molar-refractivity contribution in [3.05, 3.63) is 35.4 Å². The number of benzene rings is 1. The van der Waals surface area contributed by atoms with E-state index < -0.39 is 11.6 Å². The molecule has 1 saturated heterocycles. The quantitative estimate of drug-likeness (QED) is 0.673. The van der Waals surface area contributed by atoms with Gasteiger partial charge in [0.15, 0.2) is 5.78 Å². The van der Waals surface area contributed by atoms with Gasteiger partial charge in [-0.05, 0) is 20.3 Å². The zero-order valence-electron chi connectivity index (χ0n) is 11.9. The van der Waals surface area contributed by atoms with Gasteiger partial charge < -0.3 is 5.32 Å². The molecule has 106 valence electrons. The van der Waals surface area contributed by atoms with E-state index in [1.807, 2.05) is 26.0 Å². The second-order valence-corrected chi connectivity index (χ2v) is 5.30. The van der Waals surface area contributed by atoms with Crippen molar-refractivity contribution < 1.29 is 14.4 Å². The number of amides is 3. The molecule has 1 heterocycles. The summed E-state index contributed by atoms with van der Waals surface area (Å²) in [7, 11) is 0. The normalized spacial score (nSPS) is 22.1. The number of nitrogens with zero attached hydrogens (tertiary/aromatic N) is 1. The number of carbonyl (C=O) groups excluding carboxylic acids is 3. The summed E-state index contributed by atoms with van der Waals surface area (Å²) in [5.74, 6) is -0.584. The Kier molecular flexibility index (Phi) is 3.61. The molecule has 3 amide bonds. The second kappa shape index (κ2) is 5.07. The Bertz CT molecular complexity index is 565. The summed E-state index contributed by atoms with van der Waals surface area (Å²) in [5.41, 5.74) is 0.654. The molecule has 0 aliphatic carbocycles. The van der Waals surface area contributed by atoms with Crippen molar-refractivity contribution in [1.82, 2.24) is 10.2 Å². The molecule has 0 spiro atoms. The summed E-state index contributed by atoms with van der Waals surface area (Å²) >= 11 is 0. The van der Waals surface area contributed by atoms with Crippen molar-refractivity contribution in [2.75, 3.05) is 6.54 Å². The number of aryl methyl sites for hydroxylation is 1. The monoisotopic (exact) mass is 274 g/mol. The zero-order valence-corrected chi connectivity index (χ0v) is 11.9.